The number of rotatable bonds is 7. The summed E-state index contributed by atoms with van der Waals surface area (Å²) in [6, 6.07) is 15.4. The highest BCUT2D eigenvalue weighted by molar-refractivity contribution is 5.92. The molecule has 0 saturated carbocycles. The molecule has 0 spiro atoms. The number of carbonyl (C=O) groups is 2. The number of oxazole rings is 1. The van der Waals surface area contributed by atoms with Crippen molar-refractivity contribution >= 4 is 17.5 Å². The lowest BCUT2D eigenvalue weighted by molar-refractivity contribution is -0.133. The second-order valence-corrected chi connectivity index (χ2v) is 7.70. The number of hydrogen-bond donors (Lipinski definition) is 1. The van der Waals surface area contributed by atoms with Gasteiger partial charge in [0.1, 0.15) is 5.82 Å². The van der Waals surface area contributed by atoms with Crippen LogP contribution in [0.25, 0.3) is 11.3 Å². The van der Waals surface area contributed by atoms with Crippen LogP contribution in [0.4, 0.5) is 10.1 Å². The van der Waals surface area contributed by atoms with E-state index in [0.29, 0.717) is 56.4 Å². The molecule has 1 saturated heterocycles. The van der Waals surface area contributed by atoms with E-state index in [4.69, 9.17) is 4.42 Å². The van der Waals surface area contributed by atoms with E-state index >= 15 is 0 Å². The van der Waals surface area contributed by atoms with E-state index in [0.717, 1.165) is 5.56 Å². The molecule has 1 fully saturated rings. The molecular formula is C24H25FN4O3. The number of hydrogen-bond acceptors (Lipinski definition) is 5. The van der Waals surface area contributed by atoms with Gasteiger partial charge in [0.05, 0.1) is 12.7 Å². The lowest BCUT2D eigenvalue weighted by Gasteiger charge is -2.34. The van der Waals surface area contributed by atoms with Crippen molar-refractivity contribution in [3.8, 4) is 11.3 Å². The third-order valence-corrected chi connectivity index (χ3v) is 5.38. The Morgan fingerprint density at radius 2 is 1.72 bits per heavy atom. The van der Waals surface area contributed by atoms with E-state index in [2.05, 4.69) is 10.3 Å². The fourth-order valence-electron chi connectivity index (χ4n) is 3.63. The molecule has 1 aromatic heterocycles. The second-order valence-electron chi connectivity index (χ2n) is 7.70. The van der Waals surface area contributed by atoms with E-state index < -0.39 is 0 Å². The maximum absolute atomic E-state index is 13.0. The highest BCUT2D eigenvalue weighted by Crippen LogP contribution is 2.20. The van der Waals surface area contributed by atoms with Gasteiger partial charge < -0.3 is 14.6 Å². The Morgan fingerprint density at radius 1 is 1.00 bits per heavy atom. The van der Waals surface area contributed by atoms with Gasteiger partial charge in [-0.25, -0.2) is 9.37 Å². The number of carbonyl (C=O) groups excluding carboxylic acids is 2. The van der Waals surface area contributed by atoms with Crippen LogP contribution in [-0.2, 0) is 16.0 Å². The third kappa shape index (κ3) is 5.79. The molecule has 1 N–H and O–H groups in total. The fraction of sp³-hybridized carbons (Fsp3) is 0.292. The van der Waals surface area contributed by atoms with Gasteiger partial charge in [0.15, 0.2) is 11.7 Å². The van der Waals surface area contributed by atoms with Crippen molar-refractivity contribution in [2.45, 2.75) is 12.8 Å². The molecule has 1 aliphatic rings. The smallest absolute Gasteiger partial charge is 0.238 e. The summed E-state index contributed by atoms with van der Waals surface area (Å²) in [6.07, 6.45) is 2.47. The monoisotopic (exact) mass is 436 g/mol. The largest absolute Gasteiger partial charge is 0.441 e. The third-order valence-electron chi connectivity index (χ3n) is 5.38. The van der Waals surface area contributed by atoms with Crippen LogP contribution >= 0.6 is 0 Å². The van der Waals surface area contributed by atoms with Gasteiger partial charge in [-0.2, -0.15) is 0 Å². The van der Waals surface area contributed by atoms with Crippen molar-refractivity contribution in [1.29, 1.82) is 0 Å². The summed E-state index contributed by atoms with van der Waals surface area (Å²) >= 11 is 0. The molecule has 3 aromatic rings. The van der Waals surface area contributed by atoms with Crippen LogP contribution in [0.3, 0.4) is 0 Å². The Kier molecular flexibility index (Phi) is 6.91. The summed E-state index contributed by atoms with van der Waals surface area (Å²) < 4.78 is 18.7. The average Bonchev–Trinajstić information content (AvgIpc) is 3.29. The van der Waals surface area contributed by atoms with Gasteiger partial charge in [0, 0.05) is 50.3 Å². The summed E-state index contributed by atoms with van der Waals surface area (Å²) in [4.78, 5) is 32.9. The molecule has 4 rings (SSSR count). The molecule has 7 nitrogen and oxygen atoms in total. The van der Waals surface area contributed by atoms with E-state index in [1.54, 1.807) is 6.20 Å². The summed E-state index contributed by atoms with van der Waals surface area (Å²) in [5, 5.41) is 2.76. The Morgan fingerprint density at radius 3 is 2.44 bits per heavy atom. The van der Waals surface area contributed by atoms with Crippen molar-refractivity contribution in [3.63, 3.8) is 0 Å². The van der Waals surface area contributed by atoms with E-state index in [1.807, 2.05) is 40.1 Å². The number of nitrogens with one attached hydrogen (secondary N) is 1. The van der Waals surface area contributed by atoms with Crippen molar-refractivity contribution in [2.75, 3.05) is 38.0 Å². The van der Waals surface area contributed by atoms with E-state index in [9.17, 15) is 14.0 Å². The molecule has 2 amide bonds. The molecule has 0 aliphatic carbocycles. The zero-order chi connectivity index (χ0) is 22.3. The van der Waals surface area contributed by atoms with Crippen LogP contribution < -0.4 is 5.32 Å². The number of benzene rings is 2. The standard InChI is InChI=1S/C24H25FN4O3/c25-19-6-8-20(9-7-19)27-22(30)17-28-12-14-29(15-13-28)24(31)11-10-23-26-16-21(32-23)18-4-2-1-3-5-18/h1-9,16H,10-15,17H2,(H,27,30). The molecule has 1 aliphatic heterocycles. The Bertz CT molecular complexity index is 1040. The normalized spacial score (nSPS) is 14.3. The van der Waals surface area contributed by atoms with Crippen LogP contribution in [0, 0.1) is 5.82 Å². The molecule has 166 valence electrons. The zero-order valence-electron chi connectivity index (χ0n) is 17.7. The van der Waals surface area contributed by atoms with Gasteiger partial charge in [0.25, 0.3) is 0 Å². The first-order valence-electron chi connectivity index (χ1n) is 10.6. The molecule has 32 heavy (non-hydrogen) atoms. The molecule has 2 aromatic carbocycles. The number of anilines is 1. The van der Waals surface area contributed by atoms with Crippen molar-refractivity contribution in [2.24, 2.45) is 0 Å². The Balaban J connectivity index is 1.19. The van der Waals surface area contributed by atoms with Crippen LogP contribution in [0.5, 0.6) is 0 Å². The topological polar surface area (TPSA) is 78.7 Å². The maximum atomic E-state index is 13.0. The van der Waals surface area contributed by atoms with Gasteiger partial charge in [-0.15, -0.1) is 0 Å². The fourth-order valence-corrected chi connectivity index (χ4v) is 3.63. The second kappa shape index (κ2) is 10.2. The van der Waals surface area contributed by atoms with Crippen molar-refractivity contribution in [3.05, 3.63) is 72.5 Å². The minimum absolute atomic E-state index is 0.0554. The van der Waals surface area contributed by atoms with Crippen LogP contribution in [0.1, 0.15) is 12.3 Å². The lowest BCUT2D eigenvalue weighted by atomic mass is 10.2. The maximum Gasteiger partial charge on any atom is 0.238 e. The predicted octanol–water partition coefficient (Wildman–Crippen LogP) is 3.20. The van der Waals surface area contributed by atoms with Crippen LogP contribution in [0.2, 0.25) is 0 Å². The van der Waals surface area contributed by atoms with Crippen LogP contribution in [-0.4, -0.2) is 59.3 Å². The first kappa shape index (κ1) is 21.7. The number of piperazine rings is 1. The molecule has 0 unspecified atom stereocenters. The van der Waals surface area contributed by atoms with Gasteiger partial charge in [-0.1, -0.05) is 30.3 Å². The van der Waals surface area contributed by atoms with Crippen LogP contribution in [0.15, 0.2) is 65.2 Å². The number of aryl methyl sites for hydroxylation is 1. The van der Waals surface area contributed by atoms with Gasteiger partial charge in [-0.05, 0) is 24.3 Å². The number of aromatic nitrogens is 1. The van der Waals surface area contributed by atoms with E-state index in [-0.39, 0.29) is 24.2 Å². The first-order valence-corrected chi connectivity index (χ1v) is 10.6. The average molecular weight is 436 g/mol. The molecular weight excluding hydrogens is 411 g/mol. The Hall–Kier alpha value is -3.52. The van der Waals surface area contributed by atoms with Crippen molar-refractivity contribution < 1.29 is 18.4 Å². The SMILES string of the molecule is O=C(CN1CCN(C(=O)CCc2ncc(-c3ccccc3)o2)CC1)Nc1ccc(F)cc1. The zero-order valence-corrected chi connectivity index (χ0v) is 17.7. The number of amides is 2. The highest BCUT2D eigenvalue weighted by Gasteiger charge is 2.22. The summed E-state index contributed by atoms with van der Waals surface area (Å²) in [7, 11) is 0. The highest BCUT2D eigenvalue weighted by atomic mass is 19.1. The minimum Gasteiger partial charge on any atom is -0.441 e. The summed E-state index contributed by atoms with van der Waals surface area (Å²) in [6.45, 7) is 2.63. The molecule has 0 bridgehead atoms. The molecule has 2 heterocycles. The molecule has 0 atom stereocenters. The van der Waals surface area contributed by atoms with Gasteiger partial charge >= 0.3 is 0 Å². The number of halogens is 1. The first-order chi connectivity index (χ1) is 15.6. The number of nitrogens with zero attached hydrogens (tertiary/aromatic N) is 3. The molecule has 8 heteroatoms. The van der Waals surface area contributed by atoms with Gasteiger partial charge in [0.2, 0.25) is 11.8 Å². The van der Waals surface area contributed by atoms with Gasteiger partial charge in [-0.3, -0.25) is 14.5 Å². The summed E-state index contributed by atoms with van der Waals surface area (Å²) in [5.41, 5.74) is 1.52. The minimum atomic E-state index is -0.344. The van der Waals surface area contributed by atoms with E-state index in [1.165, 1.54) is 24.3 Å². The predicted molar refractivity (Wildman–Crippen MR) is 118 cm³/mol. The Labute approximate surface area is 185 Å². The molecule has 0 radical (unpaired) electrons. The lowest BCUT2D eigenvalue weighted by Crippen LogP contribution is -2.50. The quantitative estimate of drug-likeness (QED) is 0.615. The van der Waals surface area contributed by atoms with Crippen molar-refractivity contribution in [1.82, 2.24) is 14.8 Å². The summed E-state index contributed by atoms with van der Waals surface area (Å²) in [5.74, 6) is 0.798.